The number of H-pyrrole nitrogens is 1. The summed E-state index contributed by atoms with van der Waals surface area (Å²) in [7, 11) is 0. The predicted octanol–water partition coefficient (Wildman–Crippen LogP) is 2.92. The number of aromatic nitrogens is 2. The molecule has 2 rings (SSSR count). The van der Waals surface area contributed by atoms with E-state index in [1.807, 2.05) is 20.8 Å². The quantitative estimate of drug-likeness (QED) is 0.909. The Bertz CT molecular complexity index is 651. The molecule has 0 saturated heterocycles. The molecule has 0 unspecified atom stereocenters. The van der Waals surface area contributed by atoms with E-state index in [0.717, 1.165) is 5.69 Å². The Morgan fingerprint density at radius 2 is 2.19 bits per heavy atom. The molecule has 1 heterocycles. The summed E-state index contributed by atoms with van der Waals surface area (Å²) in [5.41, 5.74) is 7.73. The molecule has 0 bridgehead atoms. The molecule has 0 radical (unpaired) electrons. The second kappa shape index (κ2) is 5.95. The third kappa shape index (κ3) is 2.89. The Hall–Kier alpha value is -2.37. The van der Waals surface area contributed by atoms with Gasteiger partial charge in [0.1, 0.15) is 5.82 Å². The van der Waals surface area contributed by atoms with Crippen molar-refractivity contribution in [2.45, 2.75) is 26.7 Å². The molecule has 0 saturated carbocycles. The summed E-state index contributed by atoms with van der Waals surface area (Å²) >= 11 is 0. The lowest BCUT2D eigenvalue weighted by Gasteiger charge is -2.20. The van der Waals surface area contributed by atoms with Crippen LogP contribution in [0.15, 0.2) is 24.3 Å². The fraction of sp³-hybridized carbons (Fsp3) is 0.333. The predicted molar refractivity (Wildman–Crippen MR) is 80.8 cm³/mol. The molecule has 0 aliphatic carbocycles. The number of benzene rings is 1. The van der Waals surface area contributed by atoms with Gasteiger partial charge < -0.3 is 10.6 Å². The smallest absolute Gasteiger partial charge is 0.280 e. The molecule has 0 aliphatic heterocycles. The fourth-order valence-electron chi connectivity index (χ4n) is 2.18. The highest BCUT2D eigenvalue weighted by molar-refractivity contribution is 6.08. The van der Waals surface area contributed by atoms with Crippen LogP contribution in [0.4, 0.5) is 15.8 Å². The highest BCUT2D eigenvalue weighted by Crippen LogP contribution is 2.25. The Morgan fingerprint density at radius 3 is 2.71 bits per heavy atom. The molecule has 112 valence electrons. The minimum atomic E-state index is -0.392. The summed E-state index contributed by atoms with van der Waals surface area (Å²) in [6.45, 7) is 6.13. The van der Waals surface area contributed by atoms with Gasteiger partial charge in [0.15, 0.2) is 5.69 Å². The number of carbonyl (C=O) groups is 1. The highest BCUT2D eigenvalue weighted by Gasteiger charge is 2.24. The zero-order valence-electron chi connectivity index (χ0n) is 12.4. The largest absolute Gasteiger partial charge is 0.395 e. The van der Waals surface area contributed by atoms with E-state index < -0.39 is 5.82 Å². The fourth-order valence-corrected chi connectivity index (χ4v) is 2.18. The molecule has 1 amide bonds. The zero-order chi connectivity index (χ0) is 15.6. The average Bonchev–Trinajstić information content (AvgIpc) is 2.81. The molecule has 0 aliphatic rings. The van der Waals surface area contributed by atoms with Gasteiger partial charge in [0.25, 0.3) is 5.91 Å². The summed E-state index contributed by atoms with van der Waals surface area (Å²) in [5.74, 6) is -0.594. The van der Waals surface area contributed by atoms with Gasteiger partial charge in [-0.2, -0.15) is 5.10 Å². The van der Waals surface area contributed by atoms with E-state index in [9.17, 15) is 9.18 Å². The van der Waals surface area contributed by atoms with E-state index >= 15 is 0 Å². The third-order valence-electron chi connectivity index (χ3n) is 3.29. The number of carbonyl (C=O) groups excluding carboxylic acids is 1. The maximum absolute atomic E-state index is 13.3. The number of nitrogens with zero attached hydrogens (tertiary/aromatic N) is 2. The Kier molecular flexibility index (Phi) is 4.26. The van der Waals surface area contributed by atoms with Gasteiger partial charge >= 0.3 is 0 Å². The molecule has 0 fully saturated rings. The van der Waals surface area contributed by atoms with Gasteiger partial charge in [-0.15, -0.1) is 0 Å². The minimum Gasteiger partial charge on any atom is -0.395 e. The van der Waals surface area contributed by atoms with Gasteiger partial charge in [-0.1, -0.05) is 19.9 Å². The van der Waals surface area contributed by atoms with Gasteiger partial charge in [-0.25, -0.2) is 4.39 Å². The lowest BCUT2D eigenvalue weighted by Crippen LogP contribution is -2.31. The van der Waals surface area contributed by atoms with E-state index in [1.165, 1.54) is 17.0 Å². The van der Waals surface area contributed by atoms with Gasteiger partial charge in [-0.05, 0) is 31.0 Å². The number of hydrogen-bond donors (Lipinski definition) is 2. The molecule has 0 spiro atoms. The summed E-state index contributed by atoms with van der Waals surface area (Å²) in [6.07, 6.45) is 0. The number of nitrogen functional groups attached to an aromatic ring is 1. The van der Waals surface area contributed by atoms with Crippen LogP contribution < -0.4 is 10.6 Å². The van der Waals surface area contributed by atoms with Crippen LogP contribution in [0, 0.1) is 5.82 Å². The lowest BCUT2D eigenvalue weighted by molar-refractivity contribution is 0.0984. The zero-order valence-corrected chi connectivity index (χ0v) is 12.4. The monoisotopic (exact) mass is 290 g/mol. The average molecular weight is 290 g/mol. The van der Waals surface area contributed by atoms with Crippen molar-refractivity contribution < 1.29 is 9.18 Å². The van der Waals surface area contributed by atoms with Gasteiger partial charge in [-0.3, -0.25) is 9.89 Å². The topological polar surface area (TPSA) is 75.0 Å². The second-order valence-electron chi connectivity index (χ2n) is 5.08. The van der Waals surface area contributed by atoms with Gasteiger partial charge in [0.05, 0.1) is 11.4 Å². The number of aromatic amines is 1. The minimum absolute atomic E-state index is 0.142. The van der Waals surface area contributed by atoms with Crippen LogP contribution in [0.1, 0.15) is 42.9 Å². The van der Waals surface area contributed by atoms with Crippen molar-refractivity contribution in [3.8, 4) is 0 Å². The number of amides is 1. The molecule has 3 N–H and O–H groups in total. The first-order valence-electron chi connectivity index (χ1n) is 6.86. The number of hydrogen-bond acceptors (Lipinski definition) is 3. The molecular formula is C15H19FN4O. The summed E-state index contributed by atoms with van der Waals surface area (Å²) in [6, 6.07) is 5.89. The van der Waals surface area contributed by atoms with Crippen molar-refractivity contribution in [1.29, 1.82) is 0 Å². The van der Waals surface area contributed by atoms with E-state index in [2.05, 4.69) is 10.2 Å². The van der Waals surface area contributed by atoms with Crippen molar-refractivity contribution in [2.75, 3.05) is 17.2 Å². The SMILES string of the molecule is CCN(C(=O)c1n[nH]c(C(C)C)c1N)c1cccc(F)c1. The van der Waals surface area contributed by atoms with E-state index in [4.69, 9.17) is 5.73 Å². The van der Waals surface area contributed by atoms with Crippen molar-refractivity contribution in [3.05, 3.63) is 41.5 Å². The third-order valence-corrected chi connectivity index (χ3v) is 3.29. The highest BCUT2D eigenvalue weighted by atomic mass is 19.1. The van der Waals surface area contributed by atoms with Crippen molar-refractivity contribution >= 4 is 17.3 Å². The number of halogens is 1. The van der Waals surface area contributed by atoms with Crippen molar-refractivity contribution in [2.24, 2.45) is 0 Å². The summed E-state index contributed by atoms with van der Waals surface area (Å²) < 4.78 is 13.3. The number of nitrogens with two attached hydrogens (primary N) is 1. The maximum atomic E-state index is 13.3. The van der Waals surface area contributed by atoms with E-state index in [1.54, 1.807) is 12.1 Å². The van der Waals surface area contributed by atoms with E-state index in [-0.39, 0.29) is 17.5 Å². The lowest BCUT2D eigenvalue weighted by atomic mass is 10.1. The van der Waals surface area contributed by atoms with Crippen LogP contribution in [-0.4, -0.2) is 22.6 Å². The summed E-state index contributed by atoms with van der Waals surface area (Å²) in [4.78, 5) is 14.0. The first-order chi connectivity index (χ1) is 9.95. The van der Waals surface area contributed by atoms with E-state index in [0.29, 0.717) is 17.9 Å². The van der Waals surface area contributed by atoms with Crippen LogP contribution in [0.5, 0.6) is 0 Å². The molecule has 0 atom stereocenters. The molecular weight excluding hydrogens is 271 g/mol. The molecule has 1 aromatic carbocycles. The first-order valence-corrected chi connectivity index (χ1v) is 6.86. The molecule has 21 heavy (non-hydrogen) atoms. The van der Waals surface area contributed by atoms with Crippen molar-refractivity contribution in [3.63, 3.8) is 0 Å². The van der Waals surface area contributed by atoms with Crippen LogP contribution >= 0.6 is 0 Å². The van der Waals surface area contributed by atoms with Crippen molar-refractivity contribution in [1.82, 2.24) is 10.2 Å². The Morgan fingerprint density at radius 1 is 1.48 bits per heavy atom. The Balaban J connectivity index is 2.37. The standard InChI is InChI=1S/C15H19FN4O/c1-4-20(11-7-5-6-10(16)8-11)15(21)14-12(17)13(9(2)3)18-19-14/h5-9H,4,17H2,1-3H3,(H,18,19). The summed E-state index contributed by atoms with van der Waals surface area (Å²) in [5, 5.41) is 6.82. The first kappa shape index (κ1) is 15.0. The van der Waals surface area contributed by atoms with Gasteiger partial charge in [0.2, 0.25) is 0 Å². The van der Waals surface area contributed by atoms with Crippen LogP contribution in [0.25, 0.3) is 0 Å². The number of rotatable bonds is 4. The van der Waals surface area contributed by atoms with Crippen LogP contribution in [-0.2, 0) is 0 Å². The molecule has 2 aromatic rings. The molecule has 6 heteroatoms. The van der Waals surface area contributed by atoms with Gasteiger partial charge in [0, 0.05) is 12.2 Å². The normalized spacial score (nSPS) is 10.9. The maximum Gasteiger partial charge on any atom is 0.280 e. The molecule has 1 aromatic heterocycles. The van der Waals surface area contributed by atoms with Crippen LogP contribution in [0.2, 0.25) is 0 Å². The number of nitrogens with one attached hydrogen (secondary N) is 1. The second-order valence-corrected chi connectivity index (χ2v) is 5.08. The Labute approximate surface area is 123 Å². The van der Waals surface area contributed by atoms with Crippen LogP contribution in [0.3, 0.4) is 0 Å². The molecule has 5 nitrogen and oxygen atoms in total. The number of anilines is 2.